The zero-order chi connectivity index (χ0) is 11.0. The number of carbonyl (C=O) groups excluding carboxylic acids is 1. The van der Waals surface area contributed by atoms with Crippen LogP contribution in [0.5, 0.6) is 0 Å². The molecule has 1 aromatic carbocycles. The van der Waals surface area contributed by atoms with Crippen molar-refractivity contribution in [3.63, 3.8) is 0 Å². The van der Waals surface area contributed by atoms with E-state index in [1.807, 2.05) is 6.07 Å². The third kappa shape index (κ3) is 1.70. The minimum Gasteiger partial charge on any atom is -0.330 e. The lowest BCUT2D eigenvalue weighted by atomic mass is 9.96. The van der Waals surface area contributed by atoms with Crippen molar-refractivity contribution in [1.82, 2.24) is 0 Å². The molecule has 0 saturated heterocycles. The Labute approximate surface area is 90.5 Å². The lowest BCUT2D eigenvalue weighted by Crippen LogP contribution is -2.09. The largest absolute Gasteiger partial charge is 0.330 e. The molecule has 0 spiro atoms. The average molecular weight is 203 g/mol. The molecule has 0 amide bonds. The summed E-state index contributed by atoms with van der Waals surface area (Å²) < 4.78 is 0. The fourth-order valence-electron chi connectivity index (χ4n) is 2.18. The summed E-state index contributed by atoms with van der Waals surface area (Å²) >= 11 is 0. The van der Waals surface area contributed by atoms with Gasteiger partial charge in [0.25, 0.3) is 0 Å². The second-order valence-corrected chi connectivity index (χ2v) is 4.56. The third-order valence-electron chi connectivity index (χ3n) is 3.20. The molecular weight excluding hydrogens is 186 g/mol. The maximum Gasteiger partial charge on any atom is 0.163 e. The Balaban J connectivity index is 2.45. The predicted molar refractivity (Wildman–Crippen MR) is 61.3 cm³/mol. The van der Waals surface area contributed by atoms with Crippen LogP contribution in [0.25, 0.3) is 0 Å². The van der Waals surface area contributed by atoms with Gasteiger partial charge in [0.2, 0.25) is 0 Å². The minimum absolute atomic E-state index is 0.244. The van der Waals surface area contributed by atoms with Crippen molar-refractivity contribution in [3.8, 4) is 0 Å². The Hall–Kier alpha value is -1.15. The van der Waals surface area contributed by atoms with E-state index in [9.17, 15) is 4.79 Å². The van der Waals surface area contributed by atoms with Crippen molar-refractivity contribution in [1.29, 1.82) is 0 Å². The molecule has 1 aromatic rings. The van der Waals surface area contributed by atoms with Gasteiger partial charge in [-0.2, -0.15) is 0 Å². The van der Waals surface area contributed by atoms with Gasteiger partial charge in [0, 0.05) is 17.9 Å². The highest BCUT2D eigenvalue weighted by Gasteiger charge is 2.28. The van der Waals surface area contributed by atoms with E-state index in [4.69, 9.17) is 5.73 Å². The van der Waals surface area contributed by atoms with Crippen LogP contribution in [0.4, 0.5) is 0 Å². The van der Waals surface area contributed by atoms with Crippen LogP contribution >= 0.6 is 0 Å². The molecule has 2 rings (SSSR count). The van der Waals surface area contributed by atoms with E-state index < -0.39 is 0 Å². The van der Waals surface area contributed by atoms with E-state index in [0.29, 0.717) is 18.9 Å². The van der Waals surface area contributed by atoms with Gasteiger partial charge < -0.3 is 5.73 Å². The zero-order valence-electron chi connectivity index (χ0n) is 9.29. The summed E-state index contributed by atoms with van der Waals surface area (Å²) in [6.45, 7) is 4.85. The van der Waals surface area contributed by atoms with Crippen LogP contribution in [0.2, 0.25) is 0 Å². The fraction of sp³-hybridized carbons (Fsp3) is 0.462. The first-order valence-corrected chi connectivity index (χ1v) is 5.50. The fourth-order valence-corrected chi connectivity index (χ4v) is 2.18. The highest BCUT2D eigenvalue weighted by atomic mass is 16.1. The number of rotatable bonds is 2. The molecule has 0 bridgehead atoms. The number of ketones is 1. The Morgan fingerprint density at radius 3 is 2.80 bits per heavy atom. The number of nitrogens with two attached hydrogens (primary N) is 1. The molecule has 0 aliphatic heterocycles. The van der Waals surface area contributed by atoms with Gasteiger partial charge in [0.05, 0.1) is 0 Å². The maximum atomic E-state index is 11.8. The molecule has 2 N–H and O–H groups in total. The quantitative estimate of drug-likeness (QED) is 0.802. The molecule has 1 unspecified atom stereocenters. The Kier molecular flexibility index (Phi) is 2.61. The van der Waals surface area contributed by atoms with Crippen LogP contribution in [0, 0.1) is 0 Å². The molecule has 1 atom stereocenters. The third-order valence-corrected chi connectivity index (χ3v) is 3.20. The zero-order valence-corrected chi connectivity index (χ0v) is 9.29. The van der Waals surface area contributed by atoms with Gasteiger partial charge in [-0.3, -0.25) is 4.79 Å². The SMILES string of the molecule is CC(C)c1ccc2c(c1)C(=O)CC2CN. The van der Waals surface area contributed by atoms with Crippen LogP contribution in [0.3, 0.4) is 0 Å². The van der Waals surface area contributed by atoms with Crippen LogP contribution in [-0.2, 0) is 0 Å². The highest BCUT2D eigenvalue weighted by molar-refractivity contribution is 6.01. The predicted octanol–water partition coefficient (Wildman–Crippen LogP) is 2.44. The standard InChI is InChI=1S/C13H17NO/c1-8(2)9-3-4-11-10(7-14)6-13(15)12(11)5-9/h3-5,8,10H,6-7,14H2,1-2H3. The van der Waals surface area contributed by atoms with Crippen LogP contribution in [-0.4, -0.2) is 12.3 Å². The second-order valence-electron chi connectivity index (χ2n) is 4.56. The molecule has 80 valence electrons. The first kappa shape index (κ1) is 10.4. The van der Waals surface area contributed by atoms with E-state index in [2.05, 4.69) is 26.0 Å². The molecule has 0 fully saturated rings. The van der Waals surface area contributed by atoms with Gasteiger partial charge in [-0.1, -0.05) is 26.0 Å². The average Bonchev–Trinajstić information content (AvgIpc) is 2.55. The normalized spacial score (nSPS) is 19.7. The first-order valence-electron chi connectivity index (χ1n) is 5.50. The molecule has 0 radical (unpaired) electrons. The highest BCUT2D eigenvalue weighted by Crippen LogP contribution is 2.33. The Morgan fingerprint density at radius 2 is 2.20 bits per heavy atom. The van der Waals surface area contributed by atoms with Crippen molar-refractivity contribution in [2.24, 2.45) is 5.73 Å². The first-order chi connectivity index (χ1) is 7.13. The molecule has 1 aliphatic carbocycles. The number of benzene rings is 1. The number of hydrogen-bond donors (Lipinski definition) is 1. The van der Waals surface area contributed by atoms with Crippen LogP contribution in [0.1, 0.15) is 53.6 Å². The monoisotopic (exact) mass is 203 g/mol. The van der Waals surface area contributed by atoms with E-state index in [-0.39, 0.29) is 11.7 Å². The van der Waals surface area contributed by atoms with Crippen molar-refractivity contribution < 1.29 is 4.79 Å². The lowest BCUT2D eigenvalue weighted by molar-refractivity contribution is 0.0989. The molecule has 0 aromatic heterocycles. The van der Waals surface area contributed by atoms with E-state index in [1.165, 1.54) is 5.56 Å². The van der Waals surface area contributed by atoms with E-state index in [0.717, 1.165) is 11.1 Å². The molecule has 2 heteroatoms. The molecule has 0 heterocycles. The summed E-state index contributed by atoms with van der Waals surface area (Å²) in [6, 6.07) is 6.23. The summed E-state index contributed by atoms with van der Waals surface area (Å²) in [7, 11) is 0. The van der Waals surface area contributed by atoms with Gasteiger partial charge in [-0.15, -0.1) is 0 Å². The molecular formula is C13H17NO. The Bertz CT molecular complexity index is 396. The molecule has 15 heavy (non-hydrogen) atoms. The molecule has 0 saturated carbocycles. The van der Waals surface area contributed by atoms with Crippen molar-refractivity contribution in [2.45, 2.75) is 32.1 Å². The van der Waals surface area contributed by atoms with Crippen molar-refractivity contribution in [3.05, 3.63) is 34.9 Å². The van der Waals surface area contributed by atoms with Gasteiger partial charge >= 0.3 is 0 Å². The summed E-state index contributed by atoms with van der Waals surface area (Å²) in [5.74, 6) is 0.969. The number of hydrogen-bond acceptors (Lipinski definition) is 2. The van der Waals surface area contributed by atoms with Crippen molar-refractivity contribution in [2.75, 3.05) is 6.54 Å². The maximum absolute atomic E-state index is 11.8. The van der Waals surface area contributed by atoms with Gasteiger partial charge in [-0.25, -0.2) is 0 Å². The molecule has 2 nitrogen and oxygen atoms in total. The lowest BCUT2D eigenvalue weighted by Gasteiger charge is -2.10. The molecule has 1 aliphatic rings. The van der Waals surface area contributed by atoms with Gasteiger partial charge in [0.15, 0.2) is 5.78 Å². The summed E-state index contributed by atoms with van der Waals surface area (Å²) in [6.07, 6.45) is 0.591. The minimum atomic E-state index is 0.244. The smallest absolute Gasteiger partial charge is 0.163 e. The van der Waals surface area contributed by atoms with Gasteiger partial charge in [0.1, 0.15) is 0 Å². The van der Waals surface area contributed by atoms with E-state index >= 15 is 0 Å². The van der Waals surface area contributed by atoms with E-state index in [1.54, 1.807) is 0 Å². The van der Waals surface area contributed by atoms with Crippen molar-refractivity contribution >= 4 is 5.78 Å². The van der Waals surface area contributed by atoms with Crippen LogP contribution in [0.15, 0.2) is 18.2 Å². The van der Waals surface area contributed by atoms with Crippen LogP contribution < -0.4 is 5.73 Å². The Morgan fingerprint density at radius 1 is 1.47 bits per heavy atom. The van der Waals surface area contributed by atoms with Gasteiger partial charge in [-0.05, 0) is 29.7 Å². The summed E-state index contributed by atoms with van der Waals surface area (Å²) in [4.78, 5) is 11.8. The number of carbonyl (C=O) groups is 1. The topological polar surface area (TPSA) is 43.1 Å². The number of fused-ring (bicyclic) bond motifs is 1. The second kappa shape index (κ2) is 3.78. The summed E-state index contributed by atoms with van der Waals surface area (Å²) in [5, 5.41) is 0. The summed E-state index contributed by atoms with van der Waals surface area (Å²) in [5.41, 5.74) is 8.94. The number of Topliss-reactive ketones (excluding diaryl/α,β-unsaturated/α-hetero) is 1.